The molecule has 1 atom stereocenters. The number of thiophene rings is 1. The molecule has 2 amide bonds. The Labute approximate surface area is 303 Å². The van der Waals surface area contributed by atoms with Crippen LogP contribution in [0, 0.1) is 5.92 Å². The summed E-state index contributed by atoms with van der Waals surface area (Å²) in [6, 6.07) is 30.0. The molecule has 258 valence electrons. The number of carbonyl (C=O) groups excluding carboxylic acids is 2. The monoisotopic (exact) mass is 716 g/mol. The molecule has 4 aromatic rings. The number of piperidine rings is 1. The van der Waals surface area contributed by atoms with Crippen molar-refractivity contribution in [3.63, 3.8) is 0 Å². The number of piperazine rings is 1. The van der Waals surface area contributed by atoms with Crippen LogP contribution in [0.4, 0.5) is 4.79 Å². The summed E-state index contributed by atoms with van der Waals surface area (Å²) in [4.78, 5) is 35.4. The van der Waals surface area contributed by atoms with Crippen molar-refractivity contribution in [1.29, 1.82) is 0 Å². The molecular weight excluding hydrogens is 672 g/mol. The Morgan fingerprint density at radius 3 is 2.31 bits per heavy atom. The molecule has 0 spiro atoms. The minimum absolute atomic E-state index is 0.00184. The smallest absolute Gasteiger partial charge is 0.408 e. The van der Waals surface area contributed by atoms with Gasteiger partial charge in [0.1, 0.15) is 12.6 Å². The summed E-state index contributed by atoms with van der Waals surface area (Å²) in [7, 11) is 0. The van der Waals surface area contributed by atoms with E-state index in [9.17, 15) is 9.59 Å². The van der Waals surface area contributed by atoms with Gasteiger partial charge in [-0.05, 0) is 91.0 Å². The van der Waals surface area contributed by atoms with Gasteiger partial charge in [-0.15, -0.1) is 23.1 Å². The molecule has 3 heterocycles. The van der Waals surface area contributed by atoms with Gasteiger partial charge in [0.05, 0.1) is 4.21 Å². The van der Waals surface area contributed by atoms with E-state index < -0.39 is 12.1 Å². The third-order valence-electron chi connectivity index (χ3n) is 9.61. The van der Waals surface area contributed by atoms with Crippen molar-refractivity contribution in [2.24, 2.45) is 5.92 Å². The fraction of sp³-hybridized carbons (Fsp3) is 0.385. The van der Waals surface area contributed by atoms with Crippen molar-refractivity contribution >= 4 is 46.7 Å². The maximum atomic E-state index is 14.1. The summed E-state index contributed by atoms with van der Waals surface area (Å²) in [5.74, 6) is 0.0372. The standard InChI is InChI=1S/C39H45ClN4O3S2/c1-48-36-15-13-34(49-36)27-43-22-24-44(25-23-43)38(45)37(41-39(46)47-28-29-8-4-2-5-9-29)31-16-19-42(20-17-31)21-18-32-26-33(40)12-14-35(32)30-10-6-3-7-11-30/h2-15,26,31,37H,16-25,27-28H2,1H3,(H,41,46)/t37-/m1/s1. The minimum atomic E-state index is -0.615. The number of ether oxygens (including phenoxy) is 1. The predicted molar refractivity (Wildman–Crippen MR) is 201 cm³/mol. The van der Waals surface area contributed by atoms with E-state index >= 15 is 0 Å². The van der Waals surface area contributed by atoms with Gasteiger partial charge in [-0.1, -0.05) is 78.3 Å². The molecule has 1 N–H and O–H groups in total. The summed E-state index contributed by atoms with van der Waals surface area (Å²) >= 11 is 10.0. The molecule has 6 rings (SSSR count). The molecule has 0 radical (unpaired) electrons. The molecule has 0 saturated carbocycles. The Morgan fingerprint density at radius 1 is 0.898 bits per heavy atom. The zero-order chi connectivity index (χ0) is 34.0. The lowest BCUT2D eigenvalue weighted by Gasteiger charge is -2.40. The summed E-state index contributed by atoms with van der Waals surface area (Å²) in [6.07, 6.45) is 4.10. The first-order valence-corrected chi connectivity index (χ1v) is 19.5. The van der Waals surface area contributed by atoms with E-state index in [2.05, 4.69) is 69.9 Å². The lowest BCUT2D eigenvalue weighted by Crippen LogP contribution is -2.58. The van der Waals surface area contributed by atoms with Crippen LogP contribution in [0.5, 0.6) is 0 Å². The van der Waals surface area contributed by atoms with Crippen LogP contribution < -0.4 is 5.32 Å². The van der Waals surface area contributed by atoms with Crippen LogP contribution in [-0.4, -0.2) is 84.8 Å². The van der Waals surface area contributed by atoms with Crippen molar-refractivity contribution in [2.45, 2.75) is 42.7 Å². The molecule has 0 unspecified atom stereocenters. The molecule has 0 aliphatic carbocycles. The van der Waals surface area contributed by atoms with Crippen LogP contribution in [0.25, 0.3) is 11.1 Å². The van der Waals surface area contributed by atoms with Crippen molar-refractivity contribution in [3.8, 4) is 11.1 Å². The SMILES string of the molecule is CSc1ccc(CN2CCN(C(=O)[C@H](NC(=O)OCc3ccccc3)C3CCN(CCc4cc(Cl)ccc4-c4ccccc4)CC3)CC2)s1. The predicted octanol–water partition coefficient (Wildman–Crippen LogP) is 7.68. The highest BCUT2D eigenvalue weighted by molar-refractivity contribution is 8.00. The van der Waals surface area contributed by atoms with Gasteiger partial charge in [0.2, 0.25) is 5.91 Å². The van der Waals surface area contributed by atoms with Gasteiger partial charge in [-0.25, -0.2) is 4.79 Å². The second-order valence-electron chi connectivity index (χ2n) is 12.8. The van der Waals surface area contributed by atoms with Crippen molar-refractivity contribution in [3.05, 3.63) is 112 Å². The number of likely N-dealkylation sites (tertiary alicyclic amines) is 1. The van der Waals surface area contributed by atoms with E-state index in [1.807, 2.05) is 58.7 Å². The molecule has 1 aromatic heterocycles. The summed E-state index contributed by atoms with van der Waals surface area (Å²) in [6.45, 7) is 6.64. The van der Waals surface area contributed by atoms with Crippen LogP contribution in [0.1, 0.15) is 28.8 Å². The van der Waals surface area contributed by atoms with E-state index in [4.69, 9.17) is 16.3 Å². The van der Waals surface area contributed by atoms with Crippen LogP contribution >= 0.6 is 34.7 Å². The Morgan fingerprint density at radius 2 is 1.61 bits per heavy atom. The number of hydrogen-bond donors (Lipinski definition) is 1. The average Bonchev–Trinajstić information content (AvgIpc) is 3.61. The van der Waals surface area contributed by atoms with Gasteiger partial charge in [-0.2, -0.15) is 0 Å². The largest absolute Gasteiger partial charge is 0.445 e. The summed E-state index contributed by atoms with van der Waals surface area (Å²) in [5, 5.41) is 3.77. The molecule has 2 fully saturated rings. The number of nitrogens with one attached hydrogen (secondary N) is 1. The van der Waals surface area contributed by atoms with E-state index in [1.54, 1.807) is 11.8 Å². The zero-order valence-electron chi connectivity index (χ0n) is 28.1. The molecule has 3 aromatic carbocycles. The van der Waals surface area contributed by atoms with Crippen LogP contribution in [0.15, 0.2) is 95.2 Å². The van der Waals surface area contributed by atoms with Crippen molar-refractivity contribution < 1.29 is 14.3 Å². The van der Waals surface area contributed by atoms with E-state index in [1.165, 1.54) is 25.8 Å². The topological polar surface area (TPSA) is 65.1 Å². The maximum absolute atomic E-state index is 14.1. The normalized spacial score (nSPS) is 16.7. The van der Waals surface area contributed by atoms with E-state index in [0.29, 0.717) is 13.1 Å². The molecule has 7 nitrogen and oxygen atoms in total. The fourth-order valence-corrected chi connectivity index (χ4v) is 8.66. The van der Waals surface area contributed by atoms with Crippen LogP contribution in [0.2, 0.25) is 5.02 Å². The molecule has 0 bridgehead atoms. The van der Waals surface area contributed by atoms with Gasteiger partial charge in [0, 0.05) is 49.2 Å². The van der Waals surface area contributed by atoms with Gasteiger partial charge in [-0.3, -0.25) is 9.69 Å². The fourth-order valence-electron chi connectivity index (χ4n) is 6.83. The number of carbonyl (C=O) groups is 2. The number of benzene rings is 3. The Bertz CT molecular complexity index is 1660. The molecule has 2 saturated heterocycles. The molecule has 2 aliphatic heterocycles. The number of rotatable bonds is 12. The Hall–Kier alpha value is -3.34. The number of hydrogen-bond acceptors (Lipinski definition) is 7. The highest BCUT2D eigenvalue weighted by Crippen LogP contribution is 2.29. The first-order valence-electron chi connectivity index (χ1n) is 17.1. The Kier molecular flexibility index (Phi) is 12.7. The van der Waals surface area contributed by atoms with Gasteiger partial charge >= 0.3 is 6.09 Å². The quantitative estimate of drug-likeness (QED) is 0.152. The number of thioether (sulfide) groups is 1. The van der Waals surface area contributed by atoms with Crippen LogP contribution in [0.3, 0.4) is 0 Å². The first kappa shape index (κ1) is 35.5. The van der Waals surface area contributed by atoms with E-state index in [-0.39, 0.29) is 18.4 Å². The second-order valence-corrected chi connectivity index (χ2v) is 15.5. The van der Waals surface area contributed by atoms with Gasteiger partial charge < -0.3 is 19.9 Å². The zero-order valence-corrected chi connectivity index (χ0v) is 30.5. The van der Waals surface area contributed by atoms with Crippen LogP contribution in [-0.2, 0) is 29.1 Å². The summed E-state index contributed by atoms with van der Waals surface area (Å²) < 4.78 is 6.92. The Balaban J connectivity index is 1.06. The van der Waals surface area contributed by atoms with E-state index in [0.717, 1.165) is 69.1 Å². The molecule has 2 aliphatic rings. The number of halogens is 1. The molecular formula is C39H45ClN4O3S2. The number of alkyl carbamates (subject to hydrolysis) is 1. The maximum Gasteiger partial charge on any atom is 0.408 e. The number of amides is 2. The average molecular weight is 717 g/mol. The van der Waals surface area contributed by atoms with Gasteiger partial charge in [0.25, 0.3) is 0 Å². The third-order valence-corrected chi connectivity index (χ3v) is 12.0. The minimum Gasteiger partial charge on any atom is -0.445 e. The molecule has 49 heavy (non-hydrogen) atoms. The highest BCUT2D eigenvalue weighted by atomic mass is 35.5. The first-order chi connectivity index (χ1) is 23.9. The summed E-state index contributed by atoms with van der Waals surface area (Å²) in [5.41, 5.74) is 4.55. The second kappa shape index (κ2) is 17.5. The molecule has 10 heteroatoms. The lowest BCUT2D eigenvalue weighted by molar-refractivity contribution is -0.137. The number of nitrogens with zero attached hydrogens (tertiary/aromatic N) is 3. The third kappa shape index (κ3) is 9.89. The van der Waals surface area contributed by atoms with Crippen molar-refractivity contribution in [2.75, 3.05) is 52.1 Å². The van der Waals surface area contributed by atoms with Crippen molar-refractivity contribution in [1.82, 2.24) is 20.0 Å². The lowest BCUT2D eigenvalue weighted by atomic mass is 9.88. The highest BCUT2D eigenvalue weighted by Gasteiger charge is 2.36. The van der Waals surface area contributed by atoms with Gasteiger partial charge in [0.15, 0.2) is 0 Å².